The molecule has 0 fully saturated rings. The summed E-state index contributed by atoms with van der Waals surface area (Å²) in [4.78, 5) is 34.2. The molecule has 0 radical (unpaired) electrons. The minimum atomic E-state index is -0.168. The number of rotatable bonds is 0. The van der Waals surface area contributed by atoms with Crippen molar-refractivity contribution in [1.82, 2.24) is 40.3 Å². The molecule has 0 bridgehead atoms. The van der Waals surface area contributed by atoms with Crippen LogP contribution >= 0.6 is 0 Å². The molecule has 4 aromatic heterocycles. The van der Waals surface area contributed by atoms with Gasteiger partial charge in [0.05, 0.1) is 12.7 Å². The Hall–Kier alpha value is -2.21. The Bertz CT molecular complexity index is 913. The van der Waals surface area contributed by atoms with Crippen LogP contribution in [0.4, 0.5) is 0 Å². The average Bonchev–Trinajstić information content (AvgIpc) is 3.18. The van der Waals surface area contributed by atoms with E-state index in [4.69, 9.17) is 0 Å². The summed E-state index contributed by atoms with van der Waals surface area (Å²) in [7, 11) is 8.35. The monoisotopic (exact) mass is 403 g/mol. The first-order chi connectivity index (χ1) is 11.2. The van der Waals surface area contributed by atoms with Gasteiger partial charge >= 0.3 is 33.2 Å². The van der Waals surface area contributed by atoms with E-state index in [-0.39, 0.29) is 11.1 Å². The second-order valence-corrected chi connectivity index (χ2v) is 5.77. The number of fused-ring (bicyclic) bond motifs is 2. The van der Waals surface area contributed by atoms with E-state index in [0.717, 1.165) is 0 Å². The van der Waals surface area contributed by atoms with Crippen molar-refractivity contribution < 1.29 is 33.2 Å². The van der Waals surface area contributed by atoms with Crippen LogP contribution in [-0.2, 0) is 12.9 Å². The Kier molecular flexibility index (Phi) is 6.28. The predicted octanol–water partition coefficient (Wildman–Crippen LogP) is -1.25. The van der Waals surface area contributed by atoms with Gasteiger partial charge in [-0.25, -0.2) is 9.97 Å². The van der Waals surface area contributed by atoms with Gasteiger partial charge in [0.2, 0.25) is 0 Å². The van der Waals surface area contributed by atoms with E-state index in [9.17, 15) is 9.59 Å². The van der Waals surface area contributed by atoms with Crippen LogP contribution in [0.5, 0.6) is 0 Å². The summed E-state index contributed by atoms with van der Waals surface area (Å²) in [6.45, 7) is 0. The van der Waals surface area contributed by atoms with E-state index >= 15 is 0 Å². The summed E-state index contributed by atoms with van der Waals surface area (Å²) >= 11 is 0.604. The standard InChI is InChI=1S/2C5H4N4O.2ClH.Co/c2*10-5-3-1-8-9-4(3)6-2-7-5;;;/h2*1-2H,(H2,6,7,8,9,10);2*1H;/q;;;;+2. The first-order valence-corrected chi connectivity index (χ1v) is 8.86. The van der Waals surface area contributed by atoms with Crippen molar-refractivity contribution >= 4 is 22.1 Å². The summed E-state index contributed by atoms with van der Waals surface area (Å²) in [5.41, 5.74) is 0.560. The quantitative estimate of drug-likeness (QED) is 0.288. The Balaban J connectivity index is 0.000000143. The first-order valence-electron chi connectivity index (χ1n) is 5.77. The van der Waals surface area contributed by atoms with Crippen molar-refractivity contribution in [2.75, 3.05) is 0 Å². The van der Waals surface area contributed by atoms with Crippen LogP contribution < -0.4 is 11.1 Å². The molecule has 0 aliphatic rings. The zero-order chi connectivity index (χ0) is 16.7. The Morgan fingerprint density at radius 2 is 1.22 bits per heavy atom. The molecule has 10 nitrogen and oxygen atoms in total. The van der Waals surface area contributed by atoms with Crippen molar-refractivity contribution in [3.05, 3.63) is 45.8 Å². The minimum absolute atomic E-state index is 0.168. The molecular formula is C10H10Cl2CoN8O2+2. The van der Waals surface area contributed by atoms with Gasteiger partial charge in [0.15, 0.2) is 11.3 Å². The molecule has 0 aliphatic heterocycles. The SMILES string of the molecule is O=c1[nH]cnc2n[nH]cc12.O=c1[nH]cnc2n[nH]cc12.[ClH+][Co][ClH+]. The summed E-state index contributed by atoms with van der Waals surface area (Å²) in [6.07, 6.45) is 5.68. The average molecular weight is 404 g/mol. The van der Waals surface area contributed by atoms with Crippen LogP contribution in [0.3, 0.4) is 0 Å². The van der Waals surface area contributed by atoms with E-state index in [1.807, 2.05) is 0 Å². The van der Waals surface area contributed by atoms with E-state index in [1.54, 1.807) is 0 Å². The normalized spacial score (nSPS) is 10.0. The van der Waals surface area contributed by atoms with Gasteiger partial charge in [0.25, 0.3) is 11.1 Å². The van der Waals surface area contributed by atoms with E-state index in [1.165, 1.54) is 25.0 Å². The molecular weight excluding hydrogens is 394 g/mol. The van der Waals surface area contributed by atoms with Crippen molar-refractivity contribution in [3.63, 3.8) is 0 Å². The van der Waals surface area contributed by atoms with Crippen LogP contribution in [0.2, 0.25) is 0 Å². The Morgan fingerprint density at radius 1 is 0.826 bits per heavy atom. The fraction of sp³-hybridized carbons (Fsp3) is 0. The molecule has 0 saturated heterocycles. The third-order valence-corrected chi connectivity index (χ3v) is 2.49. The number of aromatic amines is 4. The maximum atomic E-state index is 10.9. The number of H-pyrrole nitrogens is 4. The Labute approximate surface area is 141 Å². The first kappa shape index (κ1) is 17.1. The van der Waals surface area contributed by atoms with Crippen LogP contribution in [0.1, 0.15) is 0 Å². The van der Waals surface area contributed by atoms with Gasteiger partial charge in [-0.05, 0) is 0 Å². The van der Waals surface area contributed by atoms with Gasteiger partial charge in [-0.15, -0.1) is 0 Å². The van der Waals surface area contributed by atoms with Crippen LogP contribution in [0, 0.1) is 20.3 Å². The van der Waals surface area contributed by atoms with Gasteiger partial charge in [-0.1, -0.05) is 0 Å². The third kappa shape index (κ3) is 4.38. The number of hydrogen-bond donors (Lipinski definition) is 4. The molecule has 4 rings (SSSR count). The molecule has 0 amide bonds. The number of hydrogen-bond acceptors (Lipinski definition) is 6. The summed E-state index contributed by atoms with van der Waals surface area (Å²) in [6, 6.07) is 0. The fourth-order valence-corrected chi connectivity index (χ4v) is 1.56. The number of halogens is 2. The maximum absolute atomic E-state index is 10.9. The summed E-state index contributed by atoms with van der Waals surface area (Å²) < 4.78 is 0. The molecule has 0 atom stereocenters. The molecule has 0 unspecified atom stereocenters. The van der Waals surface area contributed by atoms with E-state index in [2.05, 4.69) is 60.6 Å². The number of nitrogens with one attached hydrogen (secondary N) is 4. The molecule has 0 spiro atoms. The molecule has 0 aromatic carbocycles. The number of nitrogens with zero attached hydrogens (tertiary/aromatic N) is 4. The topological polar surface area (TPSA) is 149 Å². The van der Waals surface area contributed by atoms with Crippen molar-refractivity contribution in [2.24, 2.45) is 0 Å². The molecule has 13 heteroatoms. The van der Waals surface area contributed by atoms with Gasteiger partial charge in [-0.2, -0.15) is 10.2 Å². The fourth-order valence-electron chi connectivity index (χ4n) is 1.56. The van der Waals surface area contributed by atoms with Crippen molar-refractivity contribution in [2.45, 2.75) is 0 Å². The van der Waals surface area contributed by atoms with Crippen LogP contribution in [0.25, 0.3) is 22.1 Å². The van der Waals surface area contributed by atoms with Gasteiger partial charge in [-0.3, -0.25) is 19.8 Å². The molecule has 4 heterocycles. The Morgan fingerprint density at radius 3 is 1.57 bits per heavy atom. The number of aromatic nitrogens is 8. The van der Waals surface area contributed by atoms with E-state index < -0.39 is 0 Å². The van der Waals surface area contributed by atoms with Crippen molar-refractivity contribution in [3.8, 4) is 0 Å². The van der Waals surface area contributed by atoms with E-state index in [0.29, 0.717) is 35.0 Å². The second-order valence-electron chi connectivity index (χ2n) is 3.76. The van der Waals surface area contributed by atoms with Gasteiger partial charge < -0.3 is 9.97 Å². The summed E-state index contributed by atoms with van der Waals surface area (Å²) in [5, 5.41) is 13.5. The van der Waals surface area contributed by atoms with Crippen molar-refractivity contribution in [1.29, 1.82) is 0 Å². The molecule has 0 aliphatic carbocycles. The summed E-state index contributed by atoms with van der Waals surface area (Å²) in [5.74, 6) is 0. The molecule has 123 valence electrons. The van der Waals surface area contributed by atoms with Gasteiger partial charge in [0, 0.05) is 12.4 Å². The third-order valence-electron chi connectivity index (χ3n) is 2.49. The van der Waals surface area contributed by atoms with Gasteiger partial charge in [0.1, 0.15) is 10.8 Å². The molecule has 23 heavy (non-hydrogen) atoms. The molecule has 4 aromatic rings. The second kappa shape index (κ2) is 8.43. The zero-order valence-electron chi connectivity index (χ0n) is 11.1. The van der Waals surface area contributed by atoms with Crippen LogP contribution in [-0.4, -0.2) is 40.3 Å². The molecule has 4 N–H and O–H groups in total. The van der Waals surface area contributed by atoms with Crippen LogP contribution in [0.15, 0.2) is 34.6 Å². The zero-order valence-corrected chi connectivity index (χ0v) is 13.7. The predicted molar refractivity (Wildman–Crippen MR) is 71.8 cm³/mol. The molecule has 0 saturated carbocycles.